The number of hydrogen-bond donors (Lipinski definition) is 3. The van der Waals surface area contributed by atoms with Crippen molar-refractivity contribution in [3.05, 3.63) is 53.7 Å². The molecule has 2 aromatic rings. The third kappa shape index (κ3) is 4.37. The second-order valence-electron chi connectivity index (χ2n) is 5.93. The lowest BCUT2D eigenvalue weighted by molar-refractivity contribution is 0.0929. The standard InChI is InChI=1S/C17H20N4O4S/c18-16-13(4-2-7-19-16)10-20-26(23,24)15-5-1-3-12(9-15)17(22)21-14-6-8-25-11-14/h1-5,7,9,14,20H,6,8,10-11H2,(H2,18,19)(H,21,22)/t14-/m1/s1. The van der Waals surface area contributed by atoms with Gasteiger partial charge in [0.15, 0.2) is 0 Å². The second kappa shape index (κ2) is 7.81. The van der Waals surface area contributed by atoms with Gasteiger partial charge >= 0.3 is 0 Å². The van der Waals surface area contributed by atoms with Crippen LogP contribution in [0.5, 0.6) is 0 Å². The zero-order valence-electron chi connectivity index (χ0n) is 14.0. The molecule has 0 saturated carbocycles. The minimum absolute atomic E-state index is 0.00952. The van der Waals surface area contributed by atoms with Crippen LogP contribution < -0.4 is 15.8 Å². The van der Waals surface area contributed by atoms with Crippen LogP contribution in [0.25, 0.3) is 0 Å². The summed E-state index contributed by atoms with van der Waals surface area (Å²) in [5.41, 5.74) is 6.57. The summed E-state index contributed by atoms with van der Waals surface area (Å²) in [4.78, 5) is 16.2. The van der Waals surface area contributed by atoms with Crippen molar-refractivity contribution in [1.82, 2.24) is 15.0 Å². The summed E-state index contributed by atoms with van der Waals surface area (Å²) < 4.78 is 32.7. The van der Waals surface area contributed by atoms with Gasteiger partial charge < -0.3 is 15.8 Å². The van der Waals surface area contributed by atoms with Gasteiger partial charge in [-0.2, -0.15) is 0 Å². The molecule has 2 heterocycles. The van der Waals surface area contributed by atoms with Crippen LogP contribution >= 0.6 is 0 Å². The number of carbonyl (C=O) groups is 1. The van der Waals surface area contributed by atoms with E-state index < -0.39 is 10.0 Å². The normalized spacial score (nSPS) is 17.2. The number of aromatic nitrogens is 1. The van der Waals surface area contributed by atoms with E-state index in [1.54, 1.807) is 18.2 Å². The highest BCUT2D eigenvalue weighted by molar-refractivity contribution is 7.89. The van der Waals surface area contributed by atoms with Gasteiger partial charge in [-0.1, -0.05) is 12.1 Å². The highest BCUT2D eigenvalue weighted by atomic mass is 32.2. The van der Waals surface area contributed by atoms with Crippen LogP contribution in [-0.2, 0) is 21.3 Å². The largest absolute Gasteiger partial charge is 0.383 e. The van der Waals surface area contributed by atoms with E-state index in [4.69, 9.17) is 10.5 Å². The molecule has 0 radical (unpaired) electrons. The fraction of sp³-hybridized carbons (Fsp3) is 0.294. The fourth-order valence-corrected chi connectivity index (χ4v) is 3.63. The van der Waals surface area contributed by atoms with E-state index in [0.717, 1.165) is 6.42 Å². The van der Waals surface area contributed by atoms with Gasteiger partial charge in [0.1, 0.15) is 5.82 Å². The van der Waals surface area contributed by atoms with Crippen LogP contribution in [0, 0.1) is 0 Å². The van der Waals surface area contributed by atoms with Gasteiger partial charge in [0.2, 0.25) is 10.0 Å². The number of anilines is 1. The molecule has 0 spiro atoms. The number of ether oxygens (including phenoxy) is 1. The van der Waals surface area contributed by atoms with Crippen molar-refractivity contribution in [2.75, 3.05) is 18.9 Å². The molecule has 1 aromatic carbocycles. The molecule has 0 aliphatic carbocycles. The van der Waals surface area contributed by atoms with Crippen LogP contribution in [0.3, 0.4) is 0 Å². The monoisotopic (exact) mass is 376 g/mol. The van der Waals surface area contributed by atoms with Crippen LogP contribution in [0.4, 0.5) is 5.82 Å². The van der Waals surface area contributed by atoms with Crippen molar-refractivity contribution < 1.29 is 17.9 Å². The minimum atomic E-state index is -3.80. The molecule has 1 amide bonds. The van der Waals surface area contributed by atoms with Gasteiger partial charge in [-0.15, -0.1) is 0 Å². The summed E-state index contributed by atoms with van der Waals surface area (Å²) in [5, 5.41) is 2.84. The number of nitrogens with two attached hydrogens (primary N) is 1. The number of nitrogen functional groups attached to an aromatic ring is 1. The number of nitrogens with one attached hydrogen (secondary N) is 2. The first-order chi connectivity index (χ1) is 12.5. The Morgan fingerprint density at radius 1 is 1.31 bits per heavy atom. The molecule has 0 unspecified atom stereocenters. The van der Waals surface area contributed by atoms with Crippen LogP contribution in [0.1, 0.15) is 22.3 Å². The molecule has 9 heteroatoms. The van der Waals surface area contributed by atoms with Crippen LogP contribution in [0.2, 0.25) is 0 Å². The number of carbonyl (C=O) groups excluding carboxylic acids is 1. The Morgan fingerprint density at radius 2 is 2.15 bits per heavy atom. The molecule has 4 N–H and O–H groups in total. The molecule has 8 nitrogen and oxygen atoms in total. The third-order valence-corrected chi connectivity index (χ3v) is 5.45. The molecule has 1 aliphatic heterocycles. The van der Waals surface area contributed by atoms with Crippen LogP contribution in [0.15, 0.2) is 47.5 Å². The van der Waals surface area contributed by atoms with E-state index in [1.807, 2.05) is 0 Å². The van der Waals surface area contributed by atoms with E-state index in [-0.39, 0.29) is 34.8 Å². The van der Waals surface area contributed by atoms with Gasteiger partial charge in [-0.05, 0) is 30.7 Å². The summed E-state index contributed by atoms with van der Waals surface area (Å²) in [7, 11) is -3.80. The number of nitrogens with zero attached hydrogens (tertiary/aromatic N) is 1. The molecule has 1 fully saturated rings. The molecule has 1 saturated heterocycles. The predicted octanol–water partition coefficient (Wildman–Crippen LogP) is 0.661. The summed E-state index contributed by atoms with van der Waals surface area (Å²) in [6.45, 7) is 1.09. The van der Waals surface area contributed by atoms with Gasteiger partial charge in [0.25, 0.3) is 5.91 Å². The van der Waals surface area contributed by atoms with Crippen LogP contribution in [-0.4, -0.2) is 38.6 Å². The van der Waals surface area contributed by atoms with Crippen molar-refractivity contribution in [3.8, 4) is 0 Å². The van der Waals surface area contributed by atoms with E-state index >= 15 is 0 Å². The average molecular weight is 376 g/mol. The maximum atomic E-state index is 12.5. The maximum absolute atomic E-state index is 12.5. The zero-order chi connectivity index (χ0) is 18.6. The van der Waals surface area contributed by atoms with Gasteiger partial charge in [0, 0.05) is 30.5 Å². The molecule has 3 rings (SSSR count). The summed E-state index contributed by atoms with van der Waals surface area (Å²) >= 11 is 0. The zero-order valence-corrected chi connectivity index (χ0v) is 14.8. The molecule has 0 bridgehead atoms. The van der Waals surface area contributed by atoms with E-state index in [1.165, 1.54) is 24.4 Å². The third-order valence-electron chi connectivity index (χ3n) is 4.05. The van der Waals surface area contributed by atoms with Crippen molar-refractivity contribution >= 4 is 21.7 Å². The molecular formula is C17H20N4O4S. The Morgan fingerprint density at radius 3 is 2.88 bits per heavy atom. The van der Waals surface area contributed by atoms with E-state index in [9.17, 15) is 13.2 Å². The van der Waals surface area contributed by atoms with Crippen molar-refractivity contribution in [2.24, 2.45) is 0 Å². The van der Waals surface area contributed by atoms with Crippen molar-refractivity contribution in [1.29, 1.82) is 0 Å². The summed E-state index contributed by atoms with van der Waals surface area (Å²) in [6.07, 6.45) is 2.28. The molecule has 1 atom stereocenters. The highest BCUT2D eigenvalue weighted by Gasteiger charge is 2.20. The SMILES string of the molecule is Nc1ncccc1CNS(=O)(=O)c1cccc(C(=O)N[C@@H]2CCOC2)c1. The van der Waals surface area contributed by atoms with Crippen molar-refractivity contribution in [3.63, 3.8) is 0 Å². The minimum Gasteiger partial charge on any atom is -0.383 e. The van der Waals surface area contributed by atoms with Crippen molar-refractivity contribution in [2.45, 2.75) is 23.9 Å². The van der Waals surface area contributed by atoms with Gasteiger partial charge in [-0.3, -0.25) is 4.79 Å². The highest BCUT2D eigenvalue weighted by Crippen LogP contribution is 2.14. The molecule has 138 valence electrons. The summed E-state index contributed by atoms with van der Waals surface area (Å²) in [5.74, 6) is -0.0591. The lowest BCUT2D eigenvalue weighted by Gasteiger charge is -2.12. The Kier molecular flexibility index (Phi) is 5.50. The average Bonchev–Trinajstić information content (AvgIpc) is 3.14. The first-order valence-corrected chi connectivity index (χ1v) is 9.62. The van der Waals surface area contributed by atoms with Gasteiger partial charge in [0.05, 0.1) is 17.5 Å². The Labute approximate surface area is 151 Å². The smallest absolute Gasteiger partial charge is 0.251 e. The Bertz CT molecular complexity index is 895. The first-order valence-electron chi connectivity index (χ1n) is 8.13. The maximum Gasteiger partial charge on any atom is 0.251 e. The predicted molar refractivity (Wildman–Crippen MR) is 95.8 cm³/mol. The number of hydrogen-bond acceptors (Lipinski definition) is 6. The Hall–Kier alpha value is -2.49. The van der Waals surface area contributed by atoms with E-state index in [0.29, 0.717) is 18.8 Å². The van der Waals surface area contributed by atoms with E-state index in [2.05, 4.69) is 15.0 Å². The summed E-state index contributed by atoms with van der Waals surface area (Å²) in [6, 6.07) is 9.21. The fourth-order valence-electron chi connectivity index (χ4n) is 2.58. The number of sulfonamides is 1. The quantitative estimate of drug-likeness (QED) is 0.680. The lowest BCUT2D eigenvalue weighted by Crippen LogP contribution is -2.35. The van der Waals surface area contributed by atoms with Gasteiger partial charge in [-0.25, -0.2) is 18.1 Å². The first kappa shape index (κ1) is 18.3. The number of benzene rings is 1. The number of rotatable bonds is 6. The topological polar surface area (TPSA) is 123 Å². The molecule has 1 aromatic heterocycles. The Balaban J connectivity index is 1.71. The molecular weight excluding hydrogens is 356 g/mol. The number of pyridine rings is 1. The lowest BCUT2D eigenvalue weighted by atomic mass is 10.2. The number of amides is 1. The molecule has 26 heavy (non-hydrogen) atoms. The second-order valence-corrected chi connectivity index (χ2v) is 7.70. The molecule has 1 aliphatic rings.